The predicted octanol–water partition coefficient (Wildman–Crippen LogP) is 5.98. The van der Waals surface area contributed by atoms with Crippen LogP contribution in [-0.4, -0.2) is 29.5 Å². The Morgan fingerprint density at radius 1 is 0.771 bits per heavy atom. The fourth-order valence-electron chi connectivity index (χ4n) is 5.19. The molecule has 0 saturated heterocycles. The van der Waals surface area contributed by atoms with Crippen molar-refractivity contribution in [1.29, 1.82) is 0 Å². The lowest BCUT2D eigenvalue weighted by atomic mass is 9.84. The van der Waals surface area contributed by atoms with Crippen LogP contribution < -0.4 is 0 Å². The van der Waals surface area contributed by atoms with E-state index >= 15 is 0 Å². The minimum Gasteiger partial charge on any atom is -0.324 e. The smallest absolute Gasteiger partial charge is 0.272 e. The summed E-state index contributed by atoms with van der Waals surface area (Å²) in [5.41, 5.74) is 8.36. The lowest BCUT2D eigenvalue weighted by molar-refractivity contribution is 0.743. The lowest BCUT2D eigenvalue weighted by Gasteiger charge is -2.19. The van der Waals surface area contributed by atoms with Gasteiger partial charge in [-0.05, 0) is 38.0 Å². The molecule has 3 aromatic carbocycles. The second kappa shape index (κ2) is 8.47. The van der Waals surface area contributed by atoms with Crippen LogP contribution in [0.5, 0.6) is 0 Å². The van der Waals surface area contributed by atoms with Crippen LogP contribution in [0, 0.1) is 13.8 Å². The zero-order valence-electron chi connectivity index (χ0n) is 20.1. The summed E-state index contributed by atoms with van der Waals surface area (Å²) in [7, 11) is 0. The maximum absolute atomic E-state index is 4.96. The van der Waals surface area contributed by atoms with Gasteiger partial charge in [-0.25, -0.2) is 4.68 Å². The van der Waals surface area contributed by atoms with Gasteiger partial charge in [-0.2, -0.15) is 10.1 Å². The molecule has 3 heterocycles. The number of benzene rings is 3. The molecule has 0 aliphatic heterocycles. The number of aryl methyl sites for hydroxylation is 2. The van der Waals surface area contributed by atoms with E-state index in [1.54, 1.807) is 0 Å². The van der Waals surface area contributed by atoms with Crippen LogP contribution in [0.3, 0.4) is 0 Å². The van der Waals surface area contributed by atoms with Gasteiger partial charge >= 0.3 is 0 Å². The van der Waals surface area contributed by atoms with Crippen molar-refractivity contribution in [2.75, 3.05) is 0 Å². The lowest BCUT2D eigenvalue weighted by Crippen LogP contribution is -2.09. The Hall–Kier alpha value is -4.32. The summed E-state index contributed by atoms with van der Waals surface area (Å²) in [6, 6.07) is 29.4. The van der Waals surface area contributed by atoms with Gasteiger partial charge in [0.1, 0.15) is 5.52 Å². The van der Waals surface area contributed by atoms with Crippen LogP contribution in [0.1, 0.15) is 40.9 Å². The van der Waals surface area contributed by atoms with Crippen molar-refractivity contribution in [1.82, 2.24) is 29.5 Å². The van der Waals surface area contributed by atoms with Gasteiger partial charge in [-0.3, -0.25) is 0 Å². The average Bonchev–Trinajstić information content (AvgIpc) is 3.38. The Labute approximate surface area is 203 Å². The average molecular weight is 459 g/mol. The van der Waals surface area contributed by atoms with Gasteiger partial charge in [-0.15, -0.1) is 10.2 Å². The number of hydrogen-bond acceptors (Lipinski definition) is 4. The molecule has 6 heteroatoms. The molecule has 6 nitrogen and oxygen atoms in total. The van der Waals surface area contributed by atoms with Crippen LogP contribution in [0.2, 0.25) is 0 Å². The van der Waals surface area contributed by atoms with Gasteiger partial charge in [-0.1, -0.05) is 78.9 Å². The molecule has 172 valence electrons. The first-order valence-electron chi connectivity index (χ1n) is 12.0. The largest absolute Gasteiger partial charge is 0.324 e. The maximum Gasteiger partial charge on any atom is 0.272 e. The van der Waals surface area contributed by atoms with Crippen molar-refractivity contribution in [3.63, 3.8) is 0 Å². The third-order valence-corrected chi connectivity index (χ3v) is 6.77. The Balaban J connectivity index is 1.55. The zero-order chi connectivity index (χ0) is 23.9. The second-order valence-electron chi connectivity index (χ2n) is 8.80. The number of aromatic nitrogens is 6. The van der Waals surface area contributed by atoms with Gasteiger partial charge in [0.25, 0.3) is 5.95 Å². The standard InChI is InChI=1S/C29H26N6/c1-4-34-24-18-12-11-17-23(24)27-28(34)30-29(32-31-27)35-20(3)25(19(2)33-35)26(21-13-7-5-8-14-21)22-15-9-6-10-16-22/h5-18,26H,4H2,1-3H3. The van der Waals surface area contributed by atoms with Gasteiger partial charge < -0.3 is 4.57 Å². The minimum atomic E-state index is 0.0601. The molecular formula is C29H26N6. The van der Waals surface area contributed by atoms with Crippen molar-refractivity contribution in [2.24, 2.45) is 0 Å². The first-order valence-corrected chi connectivity index (χ1v) is 12.0. The molecule has 0 atom stereocenters. The molecule has 0 radical (unpaired) electrons. The maximum atomic E-state index is 4.96. The van der Waals surface area contributed by atoms with Crippen LogP contribution in [0.15, 0.2) is 84.9 Å². The Kier molecular flexibility index (Phi) is 5.14. The molecule has 6 aromatic rings. The van der Waals surface area contributed by atoms with Crippen LogP contribution in [-0.2, 0) is 6.54 Å². The third-order valence-electron chi connectivity index (χ3n) is 6.77. The highest BCUT2D eigenvalue weighted by molar-refractivity contribution is 6.04. The van der Waals surface area contributed by atoms with Gasteiger partial charge in [0, 0.05) is 29.1 Å². The van der Waals surface area contributed by atoms with Crippen molar-refractivity contribution in [3.05, 3.63) is 113 Å². The molecule has 0 unspecified atom stereocenters. The molecule has 0 saturated carbocycles. The highest BCUT2D eigenvalue weighted by Gasteiger charge is 2.26. The van der Waals surface area contributed by atoms with Crippen LogP contribution in [0.25, 0.3) is 28.0 Å². The zero-order valence-corrected chi connectivity index (χ0v) is 20.1. The van der Waals surface area contributed by atoms with Crippen molar-refractivity contribution in [2.45, 2.75) is 33.2 Å². The quantitative estimate of drug-likeness (QED) is 0.319. The van der Waals surface area contributed by atoms with Crippen molar-refractivity contribution in [3.8, 4) is 5.95 Å². The van der Waals surface area contributed by atoms with E-state index < -0.39 is 0 Å². The fourth-order valence-corrected chi connectivity index (χ4v) is 5.19. The monoisotopic (exact) mass is 458 g/mol. The SMILES string of the molecule is CCn1c2ccccc2c2nnc(-n3nc(C)c(C(c4ccccc4)c4ccccc4)c3C)nc21. The molecule has 0 bridgehead atoms. The number of hydrogen-bond donors (Lipinski definition) is 0. The molecule has 35 heavy (non-hydrogen) atoms. The van der Waals surface area contributed by atoms with Gasteiger partial charge in [0.15, 0.2) is 5.65 Å². The minimum absolute atomic E-state index is 0.0601. The van der Waals surface area contributed by atoms with Crippen molar-refractivity contribution >= 4 is 22.1 Å². The first-order chi connectivity index (χ1) is 17.2. The Bertz CT molecular complexity index is 1610. The molecule has 0 amide bonds. The summed E-state index contributed by atoms with van der Waals surface area (Å²) in [5.74, 6) is 0.548. The summed E-state index contributed by atoms with van der Waals surface area (Å²) in [5, 5.41) is 15.1. The highest BCUT2D eigenvalue weighted by atomic mass is 15.4. The van der Waals surface area contributed by atoms with E-state index in [-0.39, 0.29) is 5.92 Å². The van der Waals surface area contributed by atoms with E-state index in [1.807, 2.05) is 16.8 Å². The molecule has 0 spiro atoms. The van der Waals surface area contributed by atoms with Crippen LogP contribution >= 0.6 is 0 Å². The third kappa shape index (κ3) is 3.41. The molecule has 0 fully saturated rings. The Morgan fingerprint density at radius 3 is 2.06 bits per heavy atom. The molecular weight excluding hydrogens is 432 g/mol. The normalized spacial score (nSPS) is 11.7. The topological polar surface area (TPSA) is 61.4 Å². The number of rotatable bonds is 5. The first kappa shape index (κ1) is 21.2. The van der Waals surface area contributed by atoms with E-state index in [0.717, 1.165) is 40.0 Å². The van der Waals surface area contributed by atoms with E-state index in [4.69, 9.17) is 10.1 Å². The predicted molar refractivity (Wildman–Crippen MR) is 139 cm³/mol. The summed E-state index contributed by atoms with van der Waals surface area (Å²) in [6.07, 6.45) is 0. The fraction of sp³-hybridized carbons (Fsp3) is 0.172. The Morgan fingerprint density at radius 2 is 1.40 bits per heavy atom. The molecule has 6 rings (SSSR count). The number of fused-ring (bicyclic) bond motifs is 3. The van der Waals surface area contributed by atoms with E-state index in [9.17, 15) is 0 Å². The highest BCUT2D eigenvalue weighted by Crippen LogP contribution is 2.36. The summed E-state index contributed by atoms with van der Waals surface area (Å²) in [4.78, 5) is 4.96. The number of nitrogens with zero attached hydrogens (tertiary/aromatic N) is 6. The summed E-state index contributed by atoms with van der Waals surface area (Å²) in [6.45, 7) is 7.08. The molecule has 0 N–H and O–H groups in total. The molecule has 0 aliphatic carbocycles. The molecule has 3 aromatic heterocycles. The summed E-state index contributed by atoms with van der Waals surface area (Å²) < 4.78 is 4.03. The van der Waals surface area contributed by atoms with E-state index in [1.165, 1.54) is 16.7 Å². The van der Waals surface area contributed by atoms with Crippen LogP contribution in [0.4, 0.5) is 0 Å². The summed E-state index contributed by atoms with van der Waals surface area (Å²) >= 11 is 0. The van der Waals surface area contributed by atoms with Gasteiger partial charge in [0.05, 0.1) is 11.2 Å². The van der Waals surface area contributed by atoms with E-state index in [2.05, 4.69) is 108 Å². The second-order valence-corrected chi connectivity index (χ2v) is 8.80. The van der Waals surface area contributed by atoms with E-state index in [0.29, 0.717) is 5.95 Å². The molecule has 0 aliphatic rings. The number of para-hydroxylation sites is 1. The van der Waals surface area contributed by atoms with Crippen molar-refractivity contribution < 1.29 is 0 Å². The van der Waals surface area contributed by atoms with Gasteiger partial charge in [0.2, 0.25) is 0 Å².